The highest BCUT2D eigenvalue weighted by Crippen LogP contribution is 2.34. The third kappa shape index (κ3) is 4.06. The molecule has 1 fully saturated rings. The van der Waals surface area contributed by atoms with E-state index in [9.17, 15) is 9.59 Å². The number of rotatable bonds is 5. The summed E-state index contributed by atoms with van der Waals surface area (Å²) in [7, 11) is 0. The number of amides is 1. The van der Waals surface area contributed by atoms with Crippen molar-refractivity contribution in [2.75, 3.05) is 0 Å². The highest BCUT2D eigenvalue weighted by molar-refractivity contribution is 8.26. The molecule has 2 aromatic rings. The van der Waals surface area contributed by atoms with Gasteiger partial charge in [0, 0.05) is 6.04 Å². The van der Waals surface area contributed by atoms with Crippen molar-refractivity contribution in [1.29, 1.82) is 0 Å². The van der Waals surface area contributed by atoms with E-state index in [-0.39, 0.29) is 17.9 Å². The number of ether oxygens (including phenoxy) is 1. The Morgan fingerprint density at radius 1 is 1.31 bits per heavy atom. The van der Waals surface area contributed by atoms with Crippen LogP contribution in [-0.4, -0.2) is 27.1 Å². The van der Waals surface area contributed by atoms with E-state index in [1.165, 1.54) is 23.1 Å². The molecule has 0 saturated carbocycles. The first kappa shape index (κ1) is 18.8. The second kappa shape index (κ2) is 8.16. The van der Waals surface area contributed by atoms with Crippen LogP contribution in [0, 0.1) is 0 Å². The minimum Gasteiger partial charge on any atom is -0.422 e. The number of benzene rings is 1. The largest absolute Gasteiger partial charge is 0.422 e. The zero-order valence-corrected chi connectivity index (χ0v) is 16.7. The van der Waals surface area contributed by atoms with E-state index in [2.05, 4.69) is 0 Å². The van der Waals surface area contributed by atoms with Crippen LogP contribution >= 0.6 is 35.3 Å². The molecule has 0 bridgehead atoms. The van der Waals surface area contributed by atoms with Crippen molar-refractivity contribution < 1.29 is 14.3 Å². The summed E-state index contributed by atoms with van der Waals surface area (Å²) in [5.74, 6) is 0.0393. The highest BCUT2D eigenvalue weighted by atomic mass is 32.2. The first-order chi connectivity index (χ1) is 12.5. The summed E-state index contributed by atoms with van der Waals surface area (Å²) in [6.07, 6.45) is 2.66. The van der Waals surface area contributed by atoms with Crippen molar-refractivity contribution in [3.8, 4) is 5.75 Å². The second-order valence-corrected chi connectivity index (χ2v) is 8.37. The maximum atomic E-state index is 12.5. The average Bonchev–Trinajstić information content (AvgIpc) is 3.25. The first-order valence-corrected chi connectivity index (χ1v) is 10.2. The maximum Gasteiger partial charge on any atom is 0.353 e. The van der Waals surface area contributed by atoms with Crippen molar-refractivity contribution in [3.63, 3.8) is 0 Å². The van der Waals surface area contributed by atoms with Gasteiger partial charge in [-0.1, -0.05) is 49.1 Å². The van der Waals surface area contributed by atoms with Crippen LogP contribution in [-0.2, 0) is 4.79 Å². The lowest BCUT2D eigenvalue weighted by atomic mass is 10.2. The molecule has 2 heterocycles. The van der Waals surface area contributed by atoms with E-state index in [1.54, 1.807) is 29.2 Å². The molecule has 7 heteroatoms. The van der Waals surface area contributed by atoms with Crippen molar-refractivity contribution in [1.82, 2.24) is 4.90 Å². The number of thiocarbonyl (C=S) groups is 1. The van der Waals surface area contributed by atoms with Gasteiger partial charge in [-0.25, -0.2) is 4.79 Å². The summed E-state index contributed by atoms with van der Waals surface area (Å²) < 4.78 is 5.93. The van der Waals surface area contributed by atoms with Crippen molar-refractivity contribution >= 4 is 57.6 Å². The van der Waals surface area contributed by atoms with Gasteiger partial charge in [0.2, 0.25) is 0 Å². The minimum atomic E-state index is -0.373. The lowest BCUT2D eigenvalue weighted by Gasteiger charge is -2.21. The Balaban J connectivity index is 1.71. The molecule has 0 N–H and O–H groups in total. The van der Waals surface area contributed by atoms with E-state index in [4.69, 9.17) is 17.0 Å². The lowest BCUT2D eigenvalue weighted by molar-refractivity contribution is -0.123. The van der Waals surface area contributed by atoms with Crippen molar-refractivity contribution in [2.24, 2.45) is 0 Å². The molecule has 1 aromatic heterocycles. The summed E-state index contributed by atoms with van der Waals surface area (Å²) >= 11 is 7.99. The Hall–Kier alpha value is -1.96. The molecular formula is C19H17NO3S3. The lowest BCUT2D eigenvalue weighted by Crippen LogP contribution is -2.36. The fourth-order valence-corrected chi connectivity index (χ4v) is 4.44. The van der Waals surface area contributed by atoms with Crippen LogP contribution in [0.5, 0.6) is 5.75 Å². The molecule has 3 rings (SSSR count). The standard InChI is InChI=1S/C19H17NO3S3/c1-3-12(2)20-17(21)16(26-19(20)24)11-13-6-8-14(9-7-13)23-18(22)15-5-4-10-25-15/h4-12H,3H2,1-2H3. The Labute approximate surface area is 165 Å². The number of hydrogen-bond acceptors (Lipinski definition) is 6. The molecule has 0 spiro atoms. The number of thiophene rings is 1. The molecule has 1 unspecified atom stereocenters. The second-order valence-electron chi connectivity index (χ2n) is 5.74. The van der Waals surface area contributed by atoms with Gasteiger partial charge in [0.25, 0.3) is 5.91 Å². The zero-order chi connectivity index (χ0) is 18.7. The van der Waals surface area contributed by atoms with Gasteiger partial charge in [-0.2, -0.15) is 0 Å². The molecule has 26 heavy (non-hydrogen) atoms. The fraction of sp³-hybridized carbons (Fsp3) is 0.211. The highest BCUT2D eigenvalue weighted by Gasteiger charge is 2.34. The van der Waals surface area contributed by atoms with Gasteiger partial charge in [-0.05, 0) is 48.6 Å². The van der Waals surface area contributed by atoms with E-state index in [0.29, 0.717) is 19.9 Å². The topological polar surface area (TPSA) is 46.6 Å². The molecule has 1 saturated heterocycles. The number of carbonyl (C=O) groups excluding carboxylic acids is 2. The van der Waals surface area contributed by atoms with E-state index in [0.717, 1.165) is 12.0 Å². The van der Waals surface area contributed by atoms with Crippen LogP contribution in [0.3, 0.4) is 0 Å². The van der Waals surface area contributed by atoms with Crippen LogP contribution < -0.4 is 4.74 Å². The smallest absolute Gasteiger partial charge is 0.353 e. The van der Waals surface area contributed by atoms with E-state index in [1.807, 2.05) is 37.4 Å². The number of hydrogen-bond donors (Lipinski definition) is 0. The van der Waals surface area contributed by atoms with Crippen molar-refractivity contribution in [2.45, 2.75) is 26.3 Å². The summed E-state index contributed by atoms with van der Waals surface area (Å²) in [6, 6.07) is 10.7. The number of nitrogens with zero attached hydrogens (tertiary/aromatic N) is 1. The summed E-state index contributed by atoms with van der Waals surface area (Å²) in [6.45, 7) is 4.02. The summed E-state index contributed by atoms with van der Waals surface area (Å²) in [5.41, 5.74) is 0.852. The molecule has 0 aliphatic carbocycles. The van der Waals surface area contributed by atoms with E-state index >= 15 is 0 Å². The molecule has 1 atom stereocenters. The first-order valence-electron chi connectivity index (χ1n) is 8.12. The Bertz CT molecular complexity index is 857. The molecule has 4 nitrogen and oxygen atoms in total. The van der Waals surface area contributed by atoms with Crippen LogP contribution in [0.25, 0.3) is 6.08 Å². The van der Waals surface area contributed by atoms with Gasteiger partial charge >= 0.3 is 5.97 Å². The van der Waals surface area contributed by atoms with Gasteiger partial charge in [0.1, 0.15) is 14.9 Å². The Morgan fingerprint density at radius 3 is 2.65 bits per heavy atom. The number of thioether (sulfide) groups is 1. The predicted molar refractivity (Wildman–Crippen MR) is 110 cm³/mol. The summed E-state index contributed by atoms with van der Waals surface area (Å²) in [4.78, 5) is 27.3. The third-order valence-corrected chi connectivity index (χ3v) is 6.15. The summed E-state index contributed by atoms with van der Waals surface area (Å²) in [5, 5.41) is 1.83. The zero-order valence-electron chi connectivity index (χ0n) is 14.3. The number of carbonyl (C=O) groups is 2. The monoisotopic (exact) mass is 403 g/mol. The van der Waals surface area contributed by atoms with Crippen LogP contribution in [0.4, 0.5) is 0 Å². The Kier molecular flexibility index (Phi) is 5.90. The molecule has 1 aromatic carbocycles. The van der Waals surface area contributed by atoms with E-state index < -0.39 is 0 Å². The van der Waals surface area contributed by atoms with Crippen LogP contribution in [0.2, 0.25) is 0 Å². The molecule has 134 valence electrons. The molecule has 1 aliphatic rings. The maximum absolute atomic E-state index is 12.5. The van der Waals surface area contributed by atoms with Crippen LogP contribution in [0.15, 0.2) is 46.7 Å². The van der Waals surface area contributed by atoms with Crippen LogP contribution in [0.1, 0.15) is 35.5 Å². The normalized spacial score (nSPS) is 17.0. The molecule has 1 amide bonds. The SMILES string of the molecule is CCC(C)N1C(=O)C(=Cc2ccc(OC(=O)c3cccs3)cc2)SC1=S. The molecule has 0 radical (unpaired) electrons. The minimum absolute atomic E-state index is 0.0532. The average molecular weight is 404 g/mol. The third-order valence-electron chi connectivity index (χ3n) is 3.97. The number of esters is 1. The molecule has 1 aliphatic heterocycles. The van der Waals surface area contributed by atoms with Gasteiger partial charge in [0.05, 0.1) is 4.91 Å². The quantitative estimate of drug-likeness (QED) is 0.305. The van der Waals surface area contributed by atoms with Gasteiger partial charge in [0.15, 0.2) is 0 Å². The van der Waals surface area contributed by atoms with Crippen molar-refractivity contribution in [3.05, 3.63) is 57.1 Å². The fourth-order valence-electron chi connectivity index (χ4n) is 2.38. The van der Waals surface area contributed by atoms with Gasteiger partial charge in [-0.3, -0.25) is 9.69 Å². The van der Waals surface area contributed by atoms with Gasteiger partial charge in [-0.15, -0.1) is 11.3 Å². The Morgan fingerprint density at radius 2 is 2.04 bits per heavy atom. The van der Waals surface area contributed by atoms with Gasteiger partial charge < -0.3 is 4.74 Å². The predicted octanol–water partition coefficient (Wildman–Crippen LogP) is 4.97. The molecular weight excluding hydrogens is 386 g/mol.